The average molecular weight is 529 g/mol. The molecule has 1 spiro atoms. The first kappa shape index (κ1) is 25.9. The minimum absolute atomic E-state index is 0.0299. The monoisotopic (exact) mass is 528 g/mol. The number of H-pyrrole nitrogens is 1. The van der Waals surface area contributed by atoms with Crippen LogP contribution in [-0.2, 0) is 30.3 Å². The van der Waals surface area contributed by atoms with Crippen LogP contribution in [0.2, 0.25) is 0 Å². The molecule has 3 fully saturated rings. The second-order valence-electron chi connectivity index (χ2n) is 12.2. The molecule has 1 aromatic heterocycles. The summed E-state index contributed by atoms with van der Waals surface area (Å²) >= 11 is 0. The molecule has 1 aromatic carbocycles. The van der Waals surface area contributed by atoms with Gasteiger partial charge in [0.25, 0.3) is 0 Å². The summed E-state index contributed by atoms with van der Waals surface area (Å²) in [6.07, 6.45) is 8.46. The summed E-state index contributed by atoms with van der Waals surface area (Å²) in [5, 5.41) is 4.34. The largest absolute Gasteiger partial charge is 0.365 e. The second-order valence-corrected chi connectivity index (χ2v) is 12.2. The summed E-state index contributed by atoms with van der Waals surface area (Å²) in [5.41, 5.74) is 0.739. The molecule has 2 aliphatic carbocycles. The molecule has 8 atom stereocenters. The molecule has 0 radical (unpaired) electrons. The maximum absolute atomic E-state index is 14.3. The number of hydrogen-bond acceptors (Lipinski definition) is 5. The van der Waals surface area contributed by atoms with E-state index in [0.717, 1.165) is 16.5 Å². The number of epoxide rings is 1. The van der Waals surface area contributed by atoms with Crippen LogP contribution in [0.4, 0.5) is 0 Å². The van der Waals surface area contributed by atoms with Crippen LogP contribution in [0.15, 0.2) is 54.3 Å². The zero-order chi connectivity index (χ0) is 27.7. The highest BCUT2D eigenvalue weighted by molar-refractivity contribution is 6.43. The molecule has 1 amide bonds. The lowest BCUT2D eigenvalue weighted by Crippen LogP contribution is -2.58. The Hall–Kier alpha value is -3.32. The van der Waals surface area contributed by atoms with Crippen LogP contribution >= 0.6 is 0 Å². The number of carbonyl (C=O) groups excluding carboxylic acids is 4. The highest BCUT2D eigenvalue weighted by atomic mass is 16.6. The number of ketones is 3. The Balaban J connectivity index is 1.44. The molecule has 0 unspecified atom stereocenters. The van der Waals surface area contributed by atoms with Crippen LogP contribution in [0.25, 0.3) is 10.9 Å². The Labute approximate surface area is 228 Å². The zero-order valence-corrected chi connectivity index (χ0v) is 23.0. The first-order valence-electron chi connectivity index (χ1n) is 14.1. The van der Waals surface area contributed by atoms with E-state index in [1.54, 1.807) is 6.92 Å². The quantitative estimate of drug-likeness (QED) is 0.262. The third-order valence-electron chi connectivity index (χ3n) is 9.99. The number of hydrogen-bond donors (Lipinski definition) is 2. The van der Waals surface area contributed by atoms with Crippen molar-refractivity contribution < 1.29 is 23.9 Å². The Bertz CT molecular complexity index is 1450. The summed E-state index contributed by atoms with van der Waals surface area (Å²) in [6, 6.07) is 7.79. The Morgan fingerprint density at radius 3 is 2.64 bits per heavy atom. The van der Waals surface area contributed by atoms with Gasteiger partial charge in [-0.2, -0.15) is 0 Å². The fourth-order valence-corrected chi connectivity index (χ4v) is 7.84. The molecule has 204 valence electrons. The van der Waals surface area contributed by atoms with Crippen molar-refractivity contribution in [2.75, 3.05) is 0 Å². The molecule has 6 rings (SSSR count). The first-order chi connectivity index (χ1) is 18.6. The number of amides is 1. The predicted molar refractivity (Wildman–Crippen MR) is 147 cm³/mol. The van der Waals surface area contributed by atoms with Crippen molar-refractivity contribution in [2.45, 2.75) is 71.1 Å². The number of fused-ring (bicyclic) bond motifs is 3. The van der Waals surface area contributed by atoms with Gasteiger partial charge in [0.15, 0.2) is 0 Å². The van der Waals surface area contributed by atoms with Gasteiger partial charge in [0.1, 0.15) is 11.2 Å². The summed E-state index contributed by atoms with van der Waals surface area (Å²) in [7, 11) is 0. The highest BCUT2D eigenvalue weighted by Gasteiger charge is 2.78. The number of para-hydroxylation sites is 1. The molecule has 2 aromatic rings. The molecule has 2 saturated heterocycles. The smallest absolute Gasteiger partial charge is 0.235 e. The maximum atomic E-state index is 14.3. The summed E-state index contributed by atoms with van der Waals surface area (Å²) < 4.78 is 6.34. The van der Waals surface area contributed by atoms with Crippen LogP contribution in [0, 0.1) is 29.1 Å². The topological polar surface area (TPSA) is 109 Å². The van der Waals surface area contributed by atoms with Crippen molar-refractivity contribution in [3.63, 3.8) is 0 Å². The van der Waals surface area contributed by atoms with Crippen molar-refractivity contribution in [2.24, 2.45) is 29.1 Å². The van der Waals surface area contributed by atoms with Gasteiger partial charge in [-0.1, -0.05) is 50.3 Å². The molecule has 39 heavy (non-hydrogen) atoms. The predicted octanol–water partition coefficient (Wildman–Crippen LogP) is 4.26. The third kappa shape index (κ3) is 3.80. The van der Waals surface area contributed by atoms with Gasteiger partial charge in [0.2, 0.25) is 17.5 Å². The third-order valence-corrected chi connectivity index (χ3v) is 9.99. The van der Waals surface area contributed by atoms with E-state index in [-0.39, 0.29) is 54.4 Å². The summed E-state index contributed by atoms with van der Waals surface area (Å²) in [5.74, 6) is -2.47. The fourth-order valence-electron chi connectivity index (χ4n) is 7.84. The fraction of sp³-hybridized carbons (Fsp3) is 0.500. The molecule has 0 bridgehead atoms. The standard InChI is InChI=1S/C32H36N2O5/c1-17-8-7-10-22-29-31(4,39-29)19(3)27-24(15-20-16-33-23-11-6-5-9-21(20)23)34-30(38)32(22,27)26(36)13-12-25(35)28(37)18(2)14-17/h5-7,9-11,14,16-17,19,22,24,27,29,33H,8,12-13,15H2,1-4H3,(H,34,38)/b10-7+,18-14-/t17-,19-,22-,24-,27-,29-,31+,32+/m1/s1. The van der Waals surface area contributed by atoms with Crippen molar-refractivity contribution >= 4 is 34.2 Å². The van der Waals surface area contributed by atoms with E-state index in [9.17, 15) is 19.2 Å². The lowest BCUT2D eigenvalue weighted by molar-refractivity contribution is -0.149. The van der Waals surface area contributed by atoms with Crippen LogP contribution in [-0.4, -0.2) is 46.0 Å². The van der Waals surface area contributed by atoms with E-state index >= 15 is 0 Å². The molecule has 3 heterocycles. The van der Waals surface area contributed by atoms with E-state index < -0.39 is 28.5 Å². The van der Waals surface area contributed by atoms with Crippen LogP contribution < -0.4 is 5.32 Å². The SMILES string of the molecule is C/C1=C/[C@H](C)C/C=C/[C@@H]2[C@H]3O[C@@]3(C)[C@H](C)[C@@H]3[C@@H](Cc4c[nH]c5ccccc45)NC(=O)[C@@]32C(=O)CCC(=O)C1=O. The summed E-state index contributed by atoms with van der Waals surface area (Å²) in [4.78, 5) is 57.3. The minimum Gasteiger partial charge on any atom is -0.365 e. The molecule has 4 aliphatic rings. The number of ether oxygens (including phenoxy) is 1. The number of nitrogens with one attached hydrogen (secondary N) is 2. The normalized spacial score (nSPS) is 40.8. The maximum Gasteiger partial charge on any atom is 0.235 e. The first-order valence-corrected chi connectivity index (χ1v) is 14.1. The zero-order valence-electron chi connectivity index (χ0n) is 23.0. The number of allylic oxidation sites excluding steroid dienone is 3. The lowest BCUT2D eigenvalue weighted by atomic mass is 9.51. The number of aromatic nitrogens is 1. The Kier molecular flexibility index (Phi) is 6.06. The van der Waals surface area contributed by atoms with Crippen LogP contribution in [0.1, 0.15) is 52.5 Å². The highest BCUT2D eigenvalue weighted by Crippen LogP contribution is 2.66. The van der Waals surface area contributed by atoms with E-state index in [4.69, 9.17) is 4.74 Å². The number of Topliss-reactive ketones (excluding diaryl/α,β-unsaturated/α-hetero) is 3. The van der Waals surface area contributed by atoms with E-state index in [2.05, 4.69) is 30.2 Å². The summed E-state index contributed by atoms with van der Waals surface area (Å²) in [6.45, 7) is 7.83. The number of carbonyl (C=O) groups is 4. The van der Waals surface area contributed by atoms with E-state index in [1.807, 2.05) is 49.5 Å². The van der Waals surface area contributed by atoms with Crippen molar-refractivity contribution in [1.29, 1.82) is 0 Å². The number of benzene rings is 1. The van der Waals surface area contributed by atoms with Gasteiger partial charge in [0, 0.05) is 47.8 Å². The van der Waals surface area contributed by atoms with E-state index in [1.165, 1.54) is 0 Å². The number of aromatic amines is 1. The van der Waals surface area contributed by atoms with Crippen LogP contribution in [0.5, 0.6) is 0 Å². The molecular weight excluding hydrogens is 492 g/mol. The van der Waals surface area contributed by atoms with Crippen molar-refractivity contribution in [3.05, 3.63) is 59.8 Å². The molecule has 7 heteroatoms. The van der Waals surface area contributed by atoms with Gasteiger partial charge in [-0.25, -0.2) is 0 Å². The minimum atomic E-state index is -1.35. The van der Waals surface area contributed by atoms with E-state index in [0.29, 0.717) is 18.4 Å². The van der Waals surface area contributed by atoms with Gasteiger partial charge >= 0.3 is 0 Å². The molecule has 1 saturated carbocycles. The molecule has 7 nitrogen and oxygen atoms in total. The van der Waals surface area contributed by atoms with Gasteiger partial charge in [-0.05, 0) is 55.7 Å². The Morgan fingerprint density at radius 2 is 1.85 bits per heavy atom. The molecule has 2 N–H and O–H groups in total. The number of rotatable bonds is 2. The molecular formula is C32H36N2O5. The lowest BCUT2D eigenvalue weighted by Gasteiger charge is -2.46. The second kappa shape index (κ2) is 9.12. The van der Waals surface area contributed by atoms with Gasteiger partial charge in [-0.15, -0.1) is 0 Å². The Morgan fingerprint density at radius 1 is 1.08 bits per heavy atom. The van der Waals surface area contributed by atoms with Crippen molar-refractivity contribution in [1.82, 2.24) is 10.3 Å². The van der Waals surface area contributed by atoms with Gasteiger partial charge in [-0.3, -0.25) is 19.2 Å². The van der Waals surface area contributed by atoms with Crippen molar-refractivity contribution in [3.8, 4) is 0 Å². The van der Waals surface area contributed by atoms with Gasteiger partial charge < -0.3 is 15.0 Å². The van der Waals surface area contributed by atoms with Gasteiger partial charge in [0.05, 0.1) is 11.7 Å². The molecule has 2 aliphatic heterocycles. The van der Waals surface area contributed by atoms with Crippen LogP contribution in [0.3, 0.4) is 0 Å². The average Bonchev–Trinajstić information content (AvgIpc) is 3.31.